The van der Waals surface area contributed by atoms with E-state index in [0.717, 1.165) is 6.54 Å². The molecule has 0 bridgehead atoms. The van der Waals surface area contributed by atoms with Crippen molar-refractivity contribution in [2.45, 2.75) is 59.0 Å². The van der Waals surface area contributed by atoms with Crippen LogP contribution < -0.4 is 21.3 Å². The Morgan fingerprint density at radius 1 is 1.19 bits per heavy atom. The Bertz CT molecular complexity index is 459. The van der Waals surface area contributed by atoms with E-state index < -0.39 is 0 Å². The van der Waals surface area contributed by atoms with Crippen LogP contribution in [0.5, 0.6) is 6.01 Å². The second kappa shape index (κ2) is 6.89. The van der Waals surface area contributed by atoms with Gasteiger partial charge in [0.05, 0.1) is 6.10 Å². The van der Waals surface area contributed by atoms with E-state index in [2.05, 4.69) is 32.6 Å². The number of anilines is 2. The summed E-state index contributed by atoms with van der Waals surface area (Å²) in [5, 5.41) is 3.33. The van der Waals surface area contributed by atoms with E-state index >= 15 is 0 Å². The maximum atomic E-state index is 5.52. The van der Waals surface area contributed by atoms with Gasteiger partial charge in [-0.2, -0.15) is 15.0 Å². The summed E-state index contributed by atoms with van der Waals surface area (Å²) in [6.07, 6.45) is 6.32. The standard InChI is InChI=1S/C14H26N6O/c1-4-14(7-5-6-8-14)9-16-11-17-12(20-15)19-13(18-11)21-10(2)3/h10H,4-9,15H2,1-3H3,(H2,16,17,18,19,20). The third kappa shape index (κ3) is 4.17. The number of hydrogen-bond acceptors (Lipinski definition) is 7. The molecule has 0 saturated heterocycles. The fourth-order valence-corrected chi connectivity index (χ4v) is 2.81. The van der Waals surface area contributed by atoms with Crippen LogP contribution in [0.4, 0.5) is 11.9 Å². The molecule has 21 heavy (non-hydrogen) atoms. The lowest BCUT2D eigenvalue weighted by Gasteiger charge is -2.27. The lowest BCUT2D eigenvalue weighted by Crippen LogP contribution is -2.27. The van der Waals surface area contributed by atoms with Crippen molar-refractivity contribution in [2.24, 2.45) is 11.3 Å². The molecule has 0 aliphatic heterocycles. The summed E-state index contributed by atoms with van der Waals surface area (Å²) in [7, 11) is 0. The van der Waals surface area contributed by atoms with Gasteiger partial charge in [0.2, 0.25) is 11.9 Å². The van der Waals surface area contributed by atoms with Gasteiger partial charge in [-0.05, 0) is 38.5 Å². The molecular weight excluding hydrogens is 268 g/mol. The van der Waals surface area contributed by atoms with Crippen molar-refractivity contribution in [3.63, 3.8) is 0 Å². The summed E-state index contributed by atoms with van der Waals surface area (Å²) in [6, 6.07) is 0.285. The highest BCUT2D eigenvalue weighted by Crippen LogP contribution is 2.40. The van der Waals surface area contributed by atoms with Crippen LogP contribution in [0.25, 0.3) is 0 Å². The molecule has 0 spiro atoms. The molecule has 4 N–H and O–H groups in total. The largest absolute Gasteiger partial charge is 0.461 e. The Labute approximate surface area is 126 Å². The maximum Gasteiger partial charge on any atom is 0.323 e. The number of nitrogens with zero attached hydrogens (tertiary/aromatic N) is 3. The molecule has 1 heterocycles. The quantitative estimate of drug-likeness (QED) is 0.524. The average Bonchev–Trinajstić information content (AvgIpc) is 2.93. The molecular formula is C14H26N6O. The molecule has 7 heteroatoms. The van der Waals surface area contributed by atoms with E-state index in [-0.39, 0.29) is 12.1 Å². The molecule has 0 atom stereocenters. The zero-order valence-electron chi connectivity index (χ0n) is 13.1. The van der Waals surface area contributed by atoms with E-state index in [9.17, 15) is 0 Å². The summed E-state index contributed by atoms with van der Waals surface area (Å²) < 4.78 is 5.52. The van der Waals surface area contributed by atoms with E-state index in [1.807, 2.05) is 13.8 Å². The van der Waals surface area contributed by atoms with E-state index in [1.54, 1.807) is 0 Å². The van der Waals surface area contributed by atoms with Crippen molar-refractivity contribution >= 4 is 11.9 Å². The van der Waals surface area contributed by atoms with Crippen LogP contribution >= 0.6 is 0 Å². The molecule has 1 aromatic heterocycles. The monoisotopic (exact) mass is 294 g/mol. The normalized spacial score (nSPS) is 17.0. The minimum Gasteiger partial charge on any atom is -0.461 e. The lowest BCUT2D eigenvalue weighted by molar-refractivity contribution is 0.222. The maximum absolute atomic E-state index is 5.52. The minimum atomic E-state index is 0.00249. The zero-order chi connectivity index (χ0) is 15.3. The van der Waals surface area contributed by atoms with Crippen molar-refractivity contribution in [3.05, 3.63) is 0 Å². The van der Waals surface area contributed by atoms with Gasteiger partial charge in [0.1, 0.15) is 0 Å². The van der Waals surface area contributed by atoms with Gasteiger partial charge in [-0.1, -0.05) is 19.8 Å². The first-order chi connectivity index (χ1) is 10.1. The topological polar surface area (TPSA) is 98.0 Å². The Balaban J connectivity index is 2.07. The van der Waals surface area contributed by atoms with Gasteiger partial charge in [0, 0.05) is 6.54 Å². The van der Waals surface area contributed by atoms with Crippen LogP contribution in [-0.4, -0.2) is 27.6 Å². The van der Waals surface area contributed by atoms with Crippen LogP contribution in [-0.2, 0) is 0 Å². The molecule has 0 unspecified atom stereocenters. The van der Waals surface area contributed by atoms with Crippen molar-refractivity contribution in [1.29, 1.82) is 0 Å². The van der Waals surface area contributed by atoms with E-state index in [4.69, 9.17) is 10.6 Å². The molecule has 1 aliphatic carbocycles. The van der Waals surface area contributed by atoms with Crippen LogP contribution in [0.15, 0.2) is 0 Å². The number of hydrogen-bond donors (Lipinski definition) is 3. The number of rotatable bonds is 7. The van der Waals surface area contributed by atoms with Crippen molar-refractivity contribution in [3.8, 4) is 6.01 Å². The Hall–Kier alpha value is -1.63. The SMILES string of the molecule is CCC1(CNc2nc(NN)nc(OC(C)C)n2)CCCC1. The molecule has 2 rings (SSSR count). The summed E-state index contributed by atoms with van der Waals surface area (Å²) in [5.41, 5.74) is 2.81. The predicted octanol–water partition coefficient (Wildman–Crippen LogP) is 2.33. The Morgan fingerprint density at radius 3 is 2.43 bits per heavy atom. The summed E-state index contributed by atoms with van der Waals surface area (Å²) in [5.74, 6) is 6.22. The second-order valence-corrected chi connectivity index (χ2v) is 5.99. The van der Waals surface area contributed by atoms with Crippen molar-refractivity contribution < 1.29 is 4.74 Å². The van der Waals surface area contributed by atoms with Crippen LogP contribution in [0, 0.1) is 5.41 Å². The first-order valence-electron chi connectivity index (χ1n) is 7.70. The third-order valence-electron chi connectivity index (χ3n) is 4.12. The molecule has 1 aromatic rings. The highest BCUT2D eigenvalue weighted by molar-refractivity contribution is 5.35. The number of nitrogens with one attached hydrogen (secondary N) is 2. The molecule has 1 saturated carbocycles. The summed E-state index contributed by atoms with van der Waals surface area (Å²) >= 11 is 0. The molecule has 7 nitrogen and oxygen atoms in total. The van der Waals surface area contributed by atoms with Crippen molar-refractivity contribution in [1.82, 2.24) is 15.0 Å². The first-order valence-corrected chi connectivity index (χ1v) is 7.70. The molecule has 0 amide bonds. The number of nitrogen functional groups attached to an aromatic ring is 1. The van der Waals surface area contributed by atoms with Crippen LogP contribution in [0.2, 0.25) is 0 Å². The Morgan fingerprint density at radius 2 is 1.86 bits per heavy atom. The van der Waals surface area contributed by atoms with Gasteiger partial charge >= 0.3 is 6.01 Å². The highest BCUT2D eigenvalue weighted by Gasteiger charge is 2.31. The van der Waals surface area contributed by atoms with E-state index in [0.29, 0.717) is 17.3 Å². The first kappa shape index (κ1) is 15.8. The van der Waals surface area contributed by atoms with Crippen LogP contribution in [0.1, 0.15) is 52.9 Å². The number of aromatic nitrogens is 3. The van der Waals surface area contributed by atoms with Gasteiger partial charge < -0.3 is 10.1 Å². The molecule has 1 aliphatic rings. The smallest absolute Gasteiger partial charge is 0.323 e. The second-order valence-electron chi connectivity index (χ2n) is 5.99. The van der Waals surface area contributed by atoms with Gasteiger partial charge in [-0.25, -0.2) is 5.84 Å². The summed E-state index contributed by atoms with van der Waals surface area (Å²) in [6.45, 7) is 6.98. The highest BCUT2D eigenvalue weighted by atomic mass is 16.5. The molecule has 1 fully saturated rings. The van der Waals surface area contributed by atoms with Gasteiger partial charge in [-0.15, -0.1) is 0 Å². The Kier molecular flexibility index (Phi) is 5.17. The average molecular weight is 294 g/mol. The number of nitrogens with two attached hydrogens (primary N) is 1. The van der Waals surface area contributed by atoms with Gasteiger partial charge in [-0.3, -0.25) is 5.43 Å². The zero-order valence-corrected chi connectivity index (χ0v) is 13.1. The van der Waals surface area contributed by atoms with Crippen molar-refractivity contribution in [2.75, 3.05) is 17.3 Å². The molecule has 0 aromatic carbocycles. The summed E-state index contributed by atoms with van der Waals surface area (Å²) in [4.78, 5) is 12.6. The fraction of sp³-hybridized carbons (Fsp3) is 0.786. The number of hydrazine groups is 1. The number of ether oxygens (including phenoxy) is 1. The predicted molar refractivity (Wildman–Crippen MR) is 83.1 cm³/mol. The van der Waals surface area contributed by atoms with Gasteiger partial charge in [0.15, 0.2) is 0 Å². The van der Waals surface area contributed by atoms with Crippen LogP contribution in [0.3, 0.4) is 0 Å². The van der Waals surface area contributed by atoms with E-state index in [1.165, 1.54) is 32.1 Å². The fourth-order valence-electron chi connectivity index (χ4n) is 2.81. The minimum absolute atomic E-state index is 0.00249. The van der Waals surface area contributed by atoms with Gasteiger partial charge in [0.25, 0.3) is 0 Å². The molecule has 0 radical (unpaired) electrons. The molecule has 118 valence electrons. The lowest BCUT2D eigenvalue weighted by atomic mass is 9.83. The third-order valence-corrected chi connectivity index (χ3v) is 4.12.